The molecule has 1 atom stereocenters. The Labute approximate surface area is 116 Å². The minimum atomic E-state index is -0.0876. The van der Waals surface area contributed by atoms with E-state index >= 15 is 0 Å². The fraction of sp³-hybridized carbons (Fsp3) is 0.286. The molecule has 2 N–H and O–H groups in total. The average molecular weight is 275 g/mol. The highest BCUT2D eigenvalue weighted by molar-refractivity contribution is 7.17. The summed E-state index contributed by atoms with van der Waals surface area (Å²) in [5.74, 6) is -0.0876. The van der Waals surface area contributed by atoms with Gasteiger partial charge in [-0.2, -0.15) is 0 Å². The second-order valence-corrected chi connectivity index (χ2v) is 5.29. The van der Waals surface area contributed by atoms with Crippen LogP contribution >= 0.6 is 11.3 Å². The number of nitrogens with zero attached hydrogens (tertiary/aromatic N) is 1. The van der Waals surface area contributed by atoms with Gasteiger partial charge in [-0.15, -0.1) is 0 Å². The number of hydrogen-bond acceptors (Lipinski definition) is 4. The third kappa shape index (κ3) is 3.12. The number of aryl methyl sites for hydroxylation is 1. The normalized spacial score (nSPS) is 11.9. The van der Waals surface area contributed by atoms with Gasteiger partial charge in [-0.25, -0.2) is 4.98 Å². The predicted molar refractivity (Wildman–Crippen MR) is 78.7 cm³/mol. The van der Waals surface area contributed by atoms with Crippen LogP contribution in [0.4, 0.5) is 5.13 Å². The topological polar surface area (TPSA) is 54.0 Å². The van der Waals surface area contributed by atoms with Crippen molar-refractivity contribution in [2.45, 2.75) is 19.9 Å². The standard InChI is InChI=1S/C14H17N3OS/c1-9(11-7-5-4-6-8-11)16-14-17-10(2)12(19-14)13(18)15-3/h4-9H,1-3H3,(H,15,18)(H,16,17). The second-order valence-electron chi connectivity index (χ2n) is 4.29. The molecule has 2 rings (SSSR count). The maximum Gasteiger partial charge on any atom is 0.263 e. The lowest BCUT2D eigenvalue weighted by molar-refractivity contribution is 0.0966. The van der Waals surface area contributed by atoms with Gasteiger partial charge in [0.05, 0.1) is 11.7 Å². The molecule has 1 aromatic heterocycles. The molecule has 1 heterocycles. The number of benzene rings is 1. The van der Waals surface area contributed by atoms with E-state index in [1.165, 1.54) is 16.9 Å². The Bertz CT molecular complexity index is 565. The summed E-state index contributed by atoms with van der Waals surface area (Å²) in [5.41, 5.74) is 1.95. The Balaban J connectivity index is 2.14. The van der Waals surface area contributed by atoms with Crippen molar-refractivity contribution in [3.63, 3.8) is 0 Å². The highest BCUT2D eigenvalue weighted by Crippen LogP contribution is 2.26. The van der Waals surface area contributed by atoms with Crippen LogP contribution < -0.4 is 10.6 Å². The van der Waals surface area contributed by atoms with Gasteiger partial charge in [-0.3, -0.25) is 4.79 Å². The lowest BCUT2D eigenvalue weighted by Gasteiger charge is -2.12. The molecule has 0 bridgehead atoms. The van der Waals surface area contributed by atoms with Crippen molar-refractivity contribution in [3.05, 3.63) is 46.5 Å². The molecule has 0 aliphatic carbocycles. The fourth-order valence-electron chi connectivity index (χ4n) is 1.79. The van der Waals surface area contributed by atoms with E-state index in [1.807, 2.05) is 25.1 Å². The molecular weight excluding hydrogens is 258 g/mol. The molecule has 1 unspecified atom stereocenters. The lowest BCUT2D eigenvalue weighted by Crippen LogP contribution is -2.17. The number of aromatic nitrogens is 1. The van der Waals surface area contributed by atoms with E-state index in [4.69, 9.17) is 0 Å². The smallest absolute Gasteiger partial charge is 0.263 e. The summed E-state index contributed by atoms with van der Waals surface area (Å²) < 4.78 is 0. The van der Waals surface area contributed by atoms with Crippen LogP contribution in [0.3, 0.4) is 0 Å². The van der Waals surface area contributed by atoms with E-state index in [0.717, 1.165) is 10.8 Å². The zero-order chi connectivity index (χ0) is 13.8. The zero-order valence-electron chi connectivity index (χ0n) is 11.2. The van der Waals surface area contributed by atoms with Crippen molar-refractivity contribution in [1.82, 2.24) is 10.3 Å². The van der Waals surface area contributed by atoms with E-state index in [-0.39, 0.29) is 11.9 Å². The number of anilines is 1. The summed E-state index contributed by atoms with van der Waals surface area (Å²) in [7, 11) is 1.63. The SMILES string of the molecule is CNC(=O)c1sc(NC(C)c2ccccc2)nc1C. The molecular formula is C14H17N3OS. The summed E-state index contributed by atoms with van der Waals surface area (Å²) in [6, 6.07) is 10.3. The van der Waals surface area contributed by atoms with Gasteiger partial charge in [-0.1, -0.05) is 41.7 Å². The van der Waals surface area contributed by atoms with Crippen LogP contribution in [0.1, 0.15) is 33.9 Å². The van der Waals surface area contributed by atoms with Crippen LogP contribution in [-0.4, -0.2) is 17.9 Å². The van der Waals surface area contributed by atoms with Gasteiger partial charge in [0.15, 0.2) is 5.13 Å². The fourth-order valence-corrected chi connectivity index (χ4v) is 2.79. The first-order chi connectivity index (χ1) is 9.11. The third-order valence-corrected chi connectivity index (χ3v) is 3.96. The number of carbonyl (C=O) groups is 1. The van der Waals surface area contributed by atoms with Gasteiger partial charge in [0.1, 0.15) is 4.88 Å². The number of thiazole rings is 1. The van der Waals surface area contributed by atoms with Crippen LogP contribution in [0.25, 0.3) is 0 Å². The maximum absolute atomic E-state index is 11.6. The number of nitrogens with one attached hydrogen (secondary N) is 2. The number of amides is 1. The summed E-state index contributed by atoms with van der Waals surface area (Å²) in [6.45, 7) is 3.92. The molecule has 0 aliphatic heterocycles. The largest absolute Gasteiger partial charge is 0.355 e. The van der Waals surface area contributed by atoms with Crippen molar-refractivity contribution >= 4 is 22.4 Å². The summed E-state index contributed by atoms with van der Waals surface area (Å²) in [4.78, 5) is 16.7. The van der Waals surface area contributed by atoms with Crippen molar-refractivity contribution < 1.29 is 4.79 Å². The first-order valence-electron chi connectivity index (χ1n) is 6.12. The predicted octanol–water partition coefficient (Wildman–Crippen LogP) is 2.98. The Hall–Kier alpha value is -1.88. The van der Waals surface area contributed by atoms with Crippen molar-refractivity contribution in [2.75, 3.05) is 12.4 Å². The Kier molecular flexibility index (Phi) is 4.16. The van der Waals surface area contributed by atoms with Gasteiger partial charge < -0.3 is 10.6 Å². The molecule has 0 aliphatic rings. The number of rotatable bonds is 4. The molecule has 2 aromatic rings. The van der Waals surface area contributed by atoms with E-state index in [2.05, 4.69) is 34.7 Å². The molecule has 0 spiro atoms. The molecule has 4 nitrogen and oxygen atoms in total. The first-order valence-corrected chi connectivity index (χ1v) is 6.94. The summed E-state index contributed by atoms with van der Waals surface area (Å²) >= 11 is 1.38. The van der Waals surface area contributed by atoms with Crippen LogP contribution in [0, 0.1) is 6.92 Å². The summed E-state index contributed by atoms with van der Waals surface area (Å²) in [5, 5.41) is 6.72. The van der Waals surface area contributed by atoms with Gasteiger partial charge in [-0.05, 0) is 19.4 Å². The highest BCUT2D eigenvalue weighted by Gasteiger charge is 2.15. The number of carbonyl (C=O) groups excluding carboxylic acids is 1. The zero-order valence-corrected chi connectivity index (χ0v) is 12.0. The van der Waals surface area contributed by atoms with Gasteiger partial charge in [0.2, 0.25) is 0 Å². The number of hydrogen-bond donors (Lipinski definition) is 2. The Morgan fingerprint density at radius 1 is 1.32 bits per heavy atom. The molecule has 0 saturated heterocycles. The highest BCUT2D eigenvalue weighted by atomic mass is 32.1. The van der Waals surface area contributed by atoms with Crippen LogP contribution in [0.15, 0.2) is 30.3 Å². The first kappa shape index (κ1) is 13.5. The van der Waals surface area contributed by atoms with Crippen LogP contribution in [0.2, 0.25) is 0 Å². The van der Waals surface area contributed by atoms with Crippen LogP contribution in [-0.2, 0) is 0 Å². The van der Waals surface area contributed by atoms with Crippen molar-refractivity contribution in [3.8, 4) is 0 Å². The second kappa shape index (κ2) is 5.84. The molecule has 19 heavy (non-hydrogen) atoms. The Morgan fingerprint density at radius 2 is 2.00 bits per heavy atom. The van der Waals surface area contributed by atoms with Crippen molar-refractivity contribution in [1.29, 1.82) is 0 Å². The minimum absolute atomic E-state index is 0.0876. The lowest BCUT2D eigenvalue weighted by atomic mass is 10.1. The average Bonchev–Trinajstić information content (AvgIpc) is 2.79. The molecule has 1 amide bonds. The van der Waals surface area contributed by atoms with Crippen LogP contribution in [0.5, 0.6) is 0 Å². The van der Waals surface area contributed by atoms with E-state index < -0.39 is 0 Å². The van der Waals surface area contributed by atoms with Gasteiger partial charge in [0, 0.05) is 7.05 Å². The van der Waals surface area contributed by atoms with E-state index in [1.54, 1.807) is 7.05 Å². The Morgan fingerprint density at radius 3 is 2.63 bits per heavy atom. The quantitative estimate of drug-likeness (QED) is 0.902. The molecule has 1 aromatic carbocycles. The molecule has 5 heteroatoms. The monoisotopic (exact) mass is 275 g/mol. The van der Waals surface area contributed by atoms with E-state index in [9.17, 15) is 4.79 Å². The summed E-state index contributed by atoms with van der Waals surface area (Å²) in [6.07, 6.45) is 0. The molecule has 100 valence electrons. The van der Waals surface area contributed by atoms with Gasteiger partial charge >= 0.3 is 0 Å². The molecule has 0 radical (unpaired) electrons. The minimum Gasteiger partial charge on any atom is -0.355 e. The molecule has 0 saturated carbocycles. The maximum atomic E-state index is 11.6. The molecule has 0 fully saturated rings. The third-order valence-electron chi connectivity index (χ3n) is 2.87. The van der Waals surface area contributed by atoms with Gasteiger partial charge in [0.25, 0.3) is 5.91 Å². The van der Waals surface area contributed by atoms with Crippen molar-refractivity contribution in [2.24, 2.45) is 0 Å². The van der Waals surface area contributed by atoms with E-state index in [0.29, 0.717) is 4.88 Å².